The summed E-state index contributed by atoms with van der Waals surface area (Å²) >= 11 is 0. The van der Waals surface area contributed by atoms with Crippen molar-refractivity contribution in [3.8, 4) is 17.3 Å². The number of aromatic nitrogens is 3. The molecule has 0 aliphatic heterocycles. The van der Waals surface area contributed by atoms with Crippen LogP contribution in [0, 0.1) is 31.0 Å². The summed E-state index contributed by atoms with van der Waals surface area (Å²) in [4.78, 5) is 18.0. The fourth-order valence-corrected chi connectivity index (χ4v) is 3.70. The first-order valence-electron chi connectivity index (χ1n) is 10.2. The highest BCUT2D eigenvalue weighted by molar-refractivity contribution is 6.06. The Hall–Kier alpha value is -3.99. The number of furan rings is 1. The standard InChI is InChI=1S/C24H22FN5O2/c1-13(2)30-23-19(12-27-30)18(10-21(28-23)17-9-14(3)32-15(17)4)24(31)29-22(11-26)16-7-5-6-8-20(16)25/h5-10,12-13,22H,1-4H3,(H,29,31). The van der Waals surface area contributed by atoms with Gasteiger partial charge in [-0.15, -0.1) is 0 Å². The highest BCUT2D eigenvalue weighted by Gasteiger charge is 2.23. The zero-order valence-electron chi connectivity index (χ0n) is 18.2. The number of nitrogens with zero attached hydrogens (tertiary/aromatic N) is 4. The molecule has 4 aromatic rings. The largest absolute Gasteiger partial charge is 0.466 e. The average molecular weight is 431 g/mol. The van der Waals surface area contributed by atoms with Crippen molar-refractivity contribution in [3.05, 3.63) is 71.1 Å². The minimum atomic E-state index is -1.14. The summed E-state index contributed by atoms with van der Waals surface area (Å²) in [6, 6.07) is 10.2. The molecule has 3 aromatic heterocycles. The second kappa shape index (κ2) is 8.27. The molecule has 0 saturated carbocycles. The number of rotatable bonds is 5. The highest BCUT2D eigenvalue weighted by atomic mass is 19.1. The van der Waals surface area contributed by atoms with Gasteiger partial charge >= 0.3 is 0 Å². The summed E-state index contributed by atoms with van der Waals surface area (Å²) in [5.74, 6) is 0.330. The van der Waals surface area contributed by atoms with E-state index < -0.39 is 17.8 Å². The lowest BCUT2D eigenvalue weighted by atomic mass is 10.0. The molecule has 0 bridgehead atoms. The lowest BCUT2D eigenvalue weighted by molar-refractivity contribution is 0.0946. The topological polar surface area (TPSA) is 96.7 Å². The van der Waals surface area contributed by atoms with Crippen molar-refractivity contribution in [2.75, 3.05) is 0 Å². The summed E-state index contributed by atoms with van der Waals surface area (Å²) in [6.45, 7) is 7.61. The fourth-order valence-electron chi connectivity index (χ4n) is 3.70. The number of nitriles is 1. The Morgan fingerprint density at radius 2 is 2.00 bits per heavy atom. The first-order valence-corrected chi connectivity index (χ1v) is 10.2. The lowest BCUT2D eigenvalue weighted by Crippen LogP contribution is -2.28. The number of benzene rings is 1. The number of nitrogens with one attached hydrogen (secondary N) is 1. The molecule has 3 heterocycles. The van der Waals surface area contributed by atoms with Gasteiger partial charge in [0.15, 0.2) is 5.65 Å². The van der Waals surface area contributed by atoms with Crippen LogP contribution in [0.25, 0.3) is 22.3 Å². The molecule has 0 spiro atoms. The number of halogens is 1. The van der Waals surface area contributed by atoms with Crippen molar-refractivity contribution in [3.63, 3.8) is 0 Å². The van der Waals surface area contributed by atoms with Crippen molar-refractivity contribution >= 4 is 16.9 Å². The van der Waals surface area contributed by atoms with E-state index in [2.05, 4.69) is 10.4 Å². The Morgan fingerprint density at radius 3 is 2.62 bits per heavy atom. The zero-order valence-corrected chi connectivity index (χ0v) is 18.2. The molecule has 1 unspecified atom stereocenters. The number of carbonyl (C=O) groups is 1. The van der Waals surface area contributed by atoms with Gasteiger partial charge in [-0.1, -0.05) is 18.2 Å². The molecule has 162 valence electrons. The van der Waals surface area contributed by atoms with E-state index >= 15 is 0 Å². The predicted octanol–water partition coefficient (Wildman–Crippen LogP) is 5.02. The predicted molar refractivity (Wildman–Crippen MR) is 117 cm³/mol. The van der Waals surface area contributed by atoms with E-state index in [1.54, 1.807) is 23.0 Å². The molecule has 0 radical (unpaired) electrons. The van der Waals surface area contributed by atoms with E-state index in [0.29, 0.717) is 28.1 Å². The molecule has 4 rings (SSSR count). The maximum Gasteiger partial charge on any atom is 0.253 e. The van der Waals surface area contributed by atoms with Crippen molar-refractivity contribution in [1.82, 2.24) is 20.1 Å². The summed E-state index contributed by atoms with van der Waals surface area (Å²) < 4.78 is 21.6. The number of fused-ring (bicyclic) bond motifs is 1. The van der Waals surface area contributed by atoms with Gasteiger partial charge in [0.2, 0.25) is 0 Å². The molecule has 1 N–H and O–H groups in total. The number of pyridine rings is 1. The van der Waals surface area contributed by atoms with Gasteiger partial charge in [-0.3, -0.25) is 4.79 Å². The third-order valence-corrected chi connectivity index (χ3v) is 5.24. The van der Waals surface area contributed by atoms with E-state index in [1.807, 2.05) is 39.8 Å². The molecule has 32 heavy (non-hydrogen) atoms. The third-order valence-electron chi connectivity index (χ3n) is 5.24. The Bertz CT molecular complexity index is 1360. The van der Waals surface area contributed by atoms with Gasteiger partial charge in [0.1, 0.15) is 23.4 Å². The van der Waals surface area contributed by atoms with Crippen LogP contribution in [-0.2, 0) is 0 Å². The van der Waals surface area contributed by atoms with Gasteiger partial charge < -0.3 is 9.73 Å². The molecular weight excluding hydrogens is 409 g/mol. The Labute approximate surface area is 184 Å². The summed E-state index contributed by atoms with van der Waals surface area (Å²) in [5, 5.41) is 17.2. The summed E-state index contributed by atoms with van der Waals surface area (Å²) in [6.07, 6.45) is 1.58. The minimum Gasteiger partial charge on any atom is -0.466 e. The van der Waals surface area contributed by atoms with Crippen molar-refractivity contribution in [1.29, 1.82) is 5.26 Å². The third kappa shape index (κ3) is 3.73. The minimum absolute atomic E-state index is 0.0172. The monoisotopic (exact) mass is 431 g/mol. The van der Waals surface area contributed by atoms with Crippen molar-refractivity contribution in [2.24, 2.45) is 0 Å². The molecule has 1 atom stereocenters. The maximum absolute atomic E-state index is 14.2. The maximum atomic E-state index is 14.2. The second-order valence-electron chi connectivity index (χ2n) is 7.86. The van der Waals surface area contributed by atoms with E-state index in [4.69, 9.17) is 9.40 Å². The van der Waals surface area contributed by atoms with Crippen LogP contribution in [-0.4, -0.2) is 20.7 Å². The van der Waals surface area contributed by atoms with E-state index in [-0.39, 0.29) is 11.6 Å². The van der Waals surface area contributed by atoms with Crippen LogP contribution in [0.5, 0.6) is 0 Å². The SMILES string of the molecule is Cc1cc(-c2cc(C(=O)NC(C#N)c3ccccc3F)c3cnn(C(C)C)c3n2)c(C)o1. The molecule has 1 aromatic carbocycles. The Morgan fingerprint density at radius 1 is 1.25 bits per heavy atom. The Kier molecular flexibility index (Phi) is 5.49. The van der Waals surface area contributed by atoms with E-state index in [9.17, 15) is 14.4 Å². The van der Waals surface area contributed by atoms with Gasteiger partial charge in [0.25, 0.3) is 5.91 Å². The summed E-state index contributed by atoms with van der Waals surface area (Å²) in [7, 11) is 0. The molecular formula is C24H22FN5O2. The number of amides is 1. The molecule has 8 heteroatoms. The Balaban J connectivity index is 1.84. The molecule has 0 fully saturated rings. The highest BCUT2D eigenvalue weighted by Crippen LogP contribution is 2.30. The quantitative estimate of drug-likeness (QED) is 0.478. The van der Waals surface area contributed by atoms with Crippen LogP contribution in [0.2, 0.25) is 0 Å². The molecule has 0 aliphatic rings. The molecule has 0 saturated heterocycles. The van der Waals surface area contributed by atoms with Gasteiger partial charge in [0.05, 0.1) is 28.9 Å². The number of carbonyl (C=O) groups excluding carboxylic acids is 1. The van der Waals surface area contributed by atoms with Crippen LogP contribution in [0.1, 0.15) is 53.4 Å². The smallest absolute Gasteiger partial charge is 0.253 e. The van der Waals surface area contributed by atoms with E-state index in [0.717, 1.165) is 11.3 Å². The number of hydrogen-bond acceptors (Lipinski definition) is 5. The average Bonchev–Trinajstić information content (AvgIpc) is 3.34. The normalized spacial score (nSPS) is 12.2. The first kappa shape index (κ1) is 21.2. The van der Waals surface area contributed by atoms with E-state index in [1.165, 1.54) is 18.2 Å². The van der Waals surface area contributed by atoms with Gasteiger partial charge in [-0.2, -0.15) is 10.4 Å². The molecule has 7 nitrogen and oxygen atoms in total. The van der Waals surface area contributed by atoms with Crippen LogP contribution in [0.3, 0.4) is 0 Å². The number of aryl methyl sites for hydroxylation is 2. The lowest BCUT2D eigenvalue weighted by Gasteiger charge is -2.14. The number of hydrogen-bond donors (Lipinski definition) is 1. The fraction of sp³-hybridized carbons (Fsp3) is 0.250. The van der Waals surface area contributed by atoms with Gasteiger partial charge in [-0.05, 0) is 45.9 Å². The zero-order chi connectivity index (χ0) is 23.0. The van der Waals surface area contributed by atoms with Crippen molar-refractivity contribution in [2.45, 2.75) is 39.8 Å². The van der Waals surface area contributed by atoms with Crippen LogP contribution in [0.15, 0.2) is 47.0 Å². The first-order chi connectivity index (χ1) is 15.3. The van der Waals surface area contributed by atoms with Gasteiger partial charge in [0, 0.05) is 17.2 Å². The summed E-state index contributed by atoms with van der Waals surface area (Å²) in [5.41, 5.74) is 2.26. The molecule has 1 amide bonds. The van der Waals surface area contributed by atoms with Crippen LogP contribution >= 0.6 is 0 Å². The van der Waals surface area contributed by atoms with Crippen molar-refractivity contribution < 1.29 is 13.6 Å². The second-order valence-corrected chi connectivity index (χ2v) is 7.86. The van der Waals surface area contributed by atoms with Gasteiger partial charge in [-0.25, -0.2) is 14.1 Å². The molecule has 0 aliphatic carbocycles. The van der Waals surface area contributed by atoms with Crippen LogP contribution < -0.4 is 5.32 Å². The van der Waals surface area contributed by atoms with Crippen LogP contribution in [0.4, 0.5) is 4.39 Å².